The number of hydrogen-bond acceptors (Lipinski definition) is 5. The van der Waals surface area contributed by atoms with Gasteiger partial charge in [0.05, 0.1) is 16.8 Å². The smallest absolute Gasteiger partial charge is 0.229 e. The molecular formula is C23H21N3OS2. The first-order valence-electron chi connectivity index (χ1n) is 9.43. The lowest BCUT2D eigenvalue weighted by atomic mass is 10.2. The van der Waals surface area contributed by atoms with Crippen LogP contribution in [0, 0.1) is 6.92 Å². The minimum atomic E-state index is 0.0764. The summed E-state index contributed by atoms with van der Waals surface area (Å²) in [6.07, 6.45) is 3.99. The number of fused-ring (bicyclic) bond motifs is 1. The highest BCUT2D eigenvalue weighted by Crippen LogP contribution is 2.30. The quantitative estimate of drug-likeness (QED) is 0.360. The lowest BCUT2D eigenvalue weighted by Crippen LogP contribution is -2.30. The third-order valence-electron chi connectivity index (χ3n) is 4.48. The molecule has 0 atom stereocenters. The number of nitrogens with zero attached hydrogens (tertiary/aromatic N) is 3. The maximum absolute atomic E-state index is 13.1. The van der Waals surface area contributed by atoms with E-state index in [9.17, 15) is 4.79 Å². The molecule has 2 aromatic carbocycles. The minimum Gasteiger partial charge on any atom is -0.284 e. The van der Waals surface area contributed by atoms with E-state index in [4.69, 9.17) is 4.98 Å². The van der Waals surface area contributed by atoms with E-state index in [0.717, 1.165) is 26.7 Å². The molecule has 2 aromatic heterocycles. The van der Waals surface area contributed by atoms with Crippen LogP contribution in [0.1, 0.15) is 17.5 Å². The van der Waals surface area contributed by atoms with Gasteiger partial charge in [0, 0.05) is 29.5 Å². The van der Waals surface area contributed by atoms with Crippen LogP contribution in [0.5, 0.6) is 0 Å². The molecule has 0 N–H and O–H groups in total. The maximum Gasteiger partial charge on any atom is 0.229 e. The van der Waals surface area contributed by atoms with Crippen molar-refractivity contribution in [1.29, 1.82) is 0 Å². The van der Waals surface area contributed by atoms with Crippen LogP contribution in [0.15, 0.2) is 78.0 Å². The lowest BCUT2D eigenvalue weighted by Gasteiger charge is -2.20. The van der Waals surface area contributed by atoms with E-state index < -0.39 is 0 Å². The monoisotopic (exact) mass is 419 g/mol. The third kappa shape index (κ3) is 5.02. The molecule has 0 aliphatic heterocycles. The summed E-state index contributed by atoms with van der Waals surface area (Å²) in [4.78, 5) is 25.0. The number of para-hydroxylation sites is 1. The molecular weight excluding hydrogens is 398 g/mol. The number of carbonyl (C=O) groups is 1. The summed E-state index contributed by atoms with van der Waals surface area (Å²) in [5.41, 5.74) is 3.15. The van der Waals surface area contributed by atoms with Gasteiger partial charge in [-0.3, -0.25) is 14.7 Å². The Kier molecular flexibility index (Phi) is 6.22. The van der Waals surface area contributed by atoms with Crippen LogP contribution < -0.4 is 4.90 Å². The number of amides is 1. The summed E-state index contributed by atoms with van der Waals surface area (Å²) in [5, 5.41) is 0.736. The Labute approximate surface area is 178 Å². The van der Waals surface area contributed by atoms with Crippen molar-refractivity contribution in [1.82, 2.24) is 9.97 Å². The molecule has 0 aliphatic rings. The number of aromatic nitrogens is 2. The van der Waals surface area contributed by atoms with Gasteiger partial charge < -0.3 is 0 Å². The second-order valence-corrected chi connectivity index (χ2v) is 8.89. The molecule has 2 heterocycles. The van der Waals surface area contributed by atoms with Crippen molar-refractivity contribution in [2.45, 2.75) is 24.8 Å². The first-order valence-corrected chi connectivity index (χ1v) is 11.2. The Hall–Kier alpha value is -2.70. The molecule has 1 amide bonds. The zero-order valence-corrected chi connectivity index (χ0v) is 17.7. The zero-order chi connectivity index (χ0) is 20.1. The number of thioether (sulfide) groups is 1. The molecule has 4 nitrogen and oxygen atoms in total. The fourth-order valence-corrected chi connectivity index (χ4v) is 4.76. The summed E-state index contributed by atoms with van der Waals surface area (Å²) in [6, 6.07) is 20.3. The Balaban J connectivity index is 1.50. The van der Waals surface area contributed by atoms with E-state index in [2.05, 4.69) is 36.2 Å². The van der Waals surface area contributed by atoms with Gasteiger partial charge in [-0.25, -0.2) is 4.98 Å². The highest BCUT2D eigenvalue weighted by Gasteiger charge is 2.20. The molecule has 0 radical (unpaired) electrons. The Morgan fingerprint density at radius 3 is 2.66 bits per heavy atom. The van der Waals surface area contributed by atoms with E-state index in [1.165, 1.54) is 10.5 Å². The van der Waals surface area contributed by atoms with Crippen molar-refractivity contribution < 1.29 is 4.79 Å². The average molecular weight is 420 g/mol. The van der Waals surface area contributed by atoms with Crippen molar-refractivity contribution in [2.75, 3.05) is 10.7 Å². The molecule has 29 heavy (non-hydrogen) atoms. The van der Waals surface area contributed by atoms with Crippen LogP contribution in [0.25, 0.3) is 10.2 Å². The van der Waals surface area contributed by atoms with Gasteiger partial charge in [0.1, 0.15) is 0 Å². The van der Waals surface area contributed by atoms with Crippen LogP contribution in [0.4, 0.5) is 5.13 Å². The summed E-state index contributed by atoms with van der Waals surface area (Å²) >= 11 is 3.26. The van der Waals surface area contributed by atoms with Crippen LogP contribution >= 0.6 is 23.1 Å². The van der Waals surface area contributed by atoms with Crippen molar-refractivity contribution in [3.63, 3.8) is 0 Å². The first-order chi connectivity index (χ1) is 14.2. The van der Waals surface area contributed by atoms with E-state index >= 15 is 0 Å². The summed E-state index contributed by atoms with van der Waals surface area (Å²) in [6.45, 7) is 2.55. The number of aryl methyl sites for hydroxylation is 1. The van der Waals surface area contributed by atoms with Gasteiger partial charge >= 0.3 is 0 Å². The molecule has 0 unspecified atom stereocenters. The molecule has 0 aliphatic carbocycles. The van der Waals surface area contributed by atoms with Gasteiger partial charge in [-0.05, 0) is 42.8 Å². The molecule has 0 saturated heterocycles. The number of carbonyl (C=O) groups excluding carboxylic acids is 1. The van der Waals surface area contributed by atoms with Crippen molar-refractivity contribution >= 4 is 44.4 Å². The number of anilines is 1. The van der Waals surface area contributed by atoms with Gasteiger partial charge in [0.25, 0.3) is 0 Å². The fourth-order valence-electron chi connectivity index (χ4n) is 2.94. The molecule has 4 aromatic rings. The van der Waals surface area contributed by atoms with Gasteiger partial charge in [0.15, 0.2) is 5.13 Å². The number of rotatable bonds is 7. The molecule has 0 saturated carbocycles. The Morgan fingerprint density at radius 1 is 1.07 bits per heavy atom. The lowest BCUT2D eigenvalue weighted by molar-refractivity contribution is -0.118. The highest BCUT2D eigenvalue weighted by atomic mass is 32.2. The first kappa shape index (κ1) is 19.6. The fraction of sp³-hybridized carbons (Fsp3) is 0.174. The average Bonchev–Trinajstić information content (AvgIpc) is 3.18. The van der Waals surface area contributed by atoms with E-state index in [1.54, 1.807) is 40.4 Å². The number of pyridine rings is 1. The van der Waals surface area contributed by atoms with Crippen LogP contribution in [0.2, 0.25) is 0 Å². The van der Waals surface area contributed by atoms with Crippen LogP contribution in [0.3, 0.4) is 0 Å². The minimum absolute atomic E-state index is 0.0764. The van der Waals surface area contributed by atoms with E-state index in [1.807, 2.05) is 36.4 Å². The van der Waals surface area contributed by atoms with E-state index in [-0.39, 0.29) is 5.91 Å². The Bertz CT molecular complexity index is 1060. The molecule has 146 valence electrons. The summed E-state index contributed by atoms with van der Waals surface area (Å²) in [5.74, 6) is 0.809. The molecule has 0 bridgehead atoms. The molecule has 6 heteroatoms. The van der Waals surface area contributed by atoms with Crippen molar-refractivity contribution in [3.8, 4) is 0 Å². The molecule has 0 fully saturated rings. The molecule has 4 rings (SSSR count). The van der Waals surface area contributed by atoms with Crippen molar-refractivity contribution in [3.05, 3.63) is 84.2 Å². The predicted molar refractivity (Wildman–Crippen MR) is 122 cm³/mol. The van der Waals surface area contributed by atoms with Gasteiger partial charge in [0.2, 0.25) is 5.91 Å². The normalized spacial score (nSPS) is 10.9. The number of benzene rings is 2. The Morgan fingerprint density at radius 2 is 1.90 bits per heavy atom. The second kappa shape index (κ2) is 9.20. The second-order valence-electron chi connectivity index (χ2n) is 6.72. The maximum atomic E-state index is 13.1. The topological polar surface area (TPSA) is 46.1 Å². The summed E-state index contributed by atoms with van der Waals surface area (Å²) < 4.78 is 1.08. The van der Waals surface area contributed by atoms with Crippen LogP contribution in [-0.4, -0.2) is 21.6 Å². The van der Waals surface area contributed by atoms with Crippen molar-refractivity contribution in [2.24, 2.45) is 0 Å². The number of hydrogen-bond donors (Lipinski definition) is 0. The summed E-state index contributed by atoms with van der Waals surface area (Å²) in [7, 11) is 0. The largest absolute Gasteiger partial charge is 0.284 e. The number of thiazole rings is 1. The standard InChI is InChI=1S/C23H21N3OS2/c1-17-8-10-19(11-9-17)28-14-12-22(27)26(16-18-5-4-13-24-15-18)23-25-20-6-2-3-7-21(20)29-23/h2-11,13,15H,12,14,16H2,1H3. The van der Waals surface area contributed by atoms with Crippen LogP contribution in [-0.2, 0) is 11.3 Å². The van der Waals surface area contributed by atoms with E-state index in [0.29, 0.717) is 13.0 Å². The van der Waals surface area contributed by atoms with Gasteiger partial charge in [-0.15, -0.1) is 11.8 Å². The highest BCUT2D eigenvalue weighted by molar-refractivity contribution is 7.99. The molecule has 0 spiro atoms. The van der Waals surface area contributed by atoms with Gasteiger partial charge in [-0.1, -0.05) is 47.2 Å². The zero-order valence-electron chi connectivity index (χ0n) is 16.1. The van der Waals surface area contributed by atoms with Gasteiger partial charge in [-0.2, -0.15) is 0 Å². The predicted octanol–water partition coefficient (Wildman–Crippen LogP) is 5.72. The third-order valence-corrected chi connectivity index (χ3v) is 6.56. The SMILES string of the molecule is Cc1ccc(SCCC(=O)N(Cc2cccnc2)c2nc3ccccc3s2)cc1.